The Hall–Kier alpha value is -2.27. The zero-order valence-corrected chi connectivity index (χ0v) is 13.8. The molecule has 124 valence electrons. The summed E-state index contributed by atoms with van der Waals surface area (Å²) < 4.78 is 11.3. The number of ether oxygens (including phenoxy) is 2. The summed E-state index contributed by atoms with van der Waals surface area (Å²) in [5.41, 5.74) is 1.55. The van der Waals surface area contributed by atoms with Gasteiger partial charge >= 0.3 is 6.09 Å². The van der Waals surface area contributed by atoms with Gasteiger partial charge in [0, 0.05) is 6.54 Å². The van der Waals surface area contributed by atoms with Gasteiger partial charge in [0.1, 0.15) is 23.1 Å². The number of hydrogen-bond donors (Lipinski definition) is 1. The van der Waals surface area contributed by atoms with E-state index < -0.39 is 6.09 Å². The second-order valence-electron chi connectivity index (χ2n) is 6.18. The van der Waals surface area contributed by atoms with Crippen molar-refractivity contribution in [1.82, 2.24) is 10.3 Å². The maximum absolute atomic E-state index is 12.0. The summed E-state index contributed by atoms with van der Waals surface area (Å²) in [6.07, 6.45) is 1.49. The normalized spacial score (nSPS) is 19.5. The number of amides is 1. The summed E-state index contributed by atoms with van der Waals surface area (Å²) in [6, 6.07) is 13.2. The lowest BCUT2D eigenvalue weighted by Gasteiger charge is -2.17. The average Bonchev–Trinajstić information content (AvgIpc) is 3.29. The largest absolute Gasteiger partial charge is 0.485 e. The average molecular weight is 345 g/mol. The molecule has 6 heteroatoms. The van der Waals surface area contributed by atoms with E-state index in [9.17, 15) is 4.79 Å². The molecule has 1 amide bonds. The lowest BCUT2D eigenvalue weighted by atomic mass is 9.98. The van der Waals surface area contributed by atoms with Gasteiger partial charge in [-0.15, -0.1) is 0 Å². The lowest BCUT2D eigenvalue weighted by Crippen LogP contribution is -2.34. The Kier molecular flexibility index (Phi) is 3.81. The van der Waals surface area contributed by atoms with Crippen molar-refractivity contribution in [1.29, 1.82) is 0 Å². The van der Waals surface area contributed by atoms with Gasteiger partial charge in [0.25, 0.3) is 0 Å². The fraction of sp³-hybridized carbons (Fsp3) is 0.333. The molecule has 0 radical (unpaired) electrons. The zero-order valence-electron chi connectivity index (χ0n) is 13.0. The van der Waals surface area contributed by atoms with Gasteiger partial charge in [0.15, 0.2) is 0 Å². The topological polar surface area (TPSA) is 60.5 Å². The van der Waals surface area contributed by atoms with Crippen LogP contribution in [0, 0.1) is 0 Å². The summed E-state index contributed by atoms with van der Waals surface area (Å²) >= 11 is 6.00. The van der Waals surface area contributed by atoms with E-state index in [1.165, 1.54) is 0 Å². The Morgan fingerprint density at radius 2 is 2.08 bits per heavy atom. The number of pyridine rings is 1. The van der Waals surface area contributed by atoms with Crippen LogP contribution in [0.1, 0.15) is 30.0 Å². The predicted molar refractivity (Wildman–Crippen MR) is 89.2 cm³/mol. The van der Waals surface area contributed by atoms with E-state index in [1.54, 1.807) is 6.07 Å². The van der Waals surface area contributed by atoms with Crippen molar-refractivity contribution >= 4 is 17.7 Å². The summed E-state index contributed by atoms with van der Waals surface area (Å²) in [6.45, 7) is 0.674. The van der Waals surface area contributed by atoms with Crippen molar-refractivity contribution < 1.29 is 14.3 Å². The van der Waals surface area contributed by atoms with Crippen molar-refractivity contribution in [2.75, 3.05) is 6.54 Å². The van der Waals surface area contributed by atoms with E-state index in [4.69, 9.17) is 21.1 Å². The van der Waals surface area contributed by atoms with Crippen molar-refractivity contribution in [2.45, 2.75) is 31.0 Å². The Balaban J connectivity index is 1.37. The minimum absolute atomic E-state index is 0.00970. The molecule has 4 rings (SSSR count). The molecule has 1 N–H and O–H groups in total. The molecule has 1 aromatic heterocycles. The van der Waals surface area contributed by atoms with Crippen LogP contribution in [0.4, 0.5) is 4.79 Å². The molecule has 5 nitrogen and oxygen atoms in total. The number of hydrogen-bond acceptors (Lipinski definition) is 4. The van der Waals surface area contributed by atoms with Gasteiger partial charge in [-0.05, 0) is 30.5 Å². The van der Waals surface area contributed by atoms with Crippen molar-refractivity contribution in [3.8, 4) is 5.75 Å². The van der Waals surface area contributed by atoms with Crippen molar-refractivity contribution in [3.63, 3.8) is 0 Å². The van der Waals surface area contributed by atoms with Crippen LogP contribution in [-0.2, 0) is 11.3 Å². The molecule has 1 aliphatic carbocycles. The van der Waals surface area contributed by atoms with Crippen molar-refractivity contribution in [2.24, 2.45) is 0 Å². The maximum atomic E-state index is 12.0. The van der Waals surface area contributed by atoms with E-state index in [1.807, 2.05) is 36.4 Å². The molecular formula is C18H17ClN2O3. The summed E-state index contributed by atoms with van der Waals surface area (Å²) in [5, 5.41) is 3.26. The third kappa shape index (κ3) is 2.91. The standard InChI is InChI=1S/C18H17ClN2O3/c19-15-7-6-14-16(21-15)13(18(24-14)8-9-18)10-20-17(22)23-11-12-4-2-1-3-5-12/h1-7,13H,8-11H2,(H,20,22). The second-order valence-corrected chi connectivity index (χ2v) is 6.57. The summed E-state index contributed by atoms with van der Waals surface area (Å²) in [7, 11) is 0. The van der Waals surface area contributed by atoms with E-state index in [-0.39, 0.29) is 18.1 Å². The van der Waals surface area contributed by atoms with E-state index >= 15 is 0 Å². The van der Waals surface area contributed by atoms with E-state index in [2.05, 4.69) is 10.3 Å². The highest BCUT2D eigenvalue weighted by Crippen LogP contribution is 2.56. The second kappa shape index (κ2) is 5.98. The third-order valence-electron chi connectivity index (χ3n) is 4.54. The minimum atomic E-state index is -0.440. The van der Waals surface area contributed by atoms with Gasteiger partial charge in [-0.2, -0.15) is 0 Å². The molecule has 1 aliphatic heterocycles. The van der Waals surface area contributed by atoms with E-state index in [0.29, 0.717) is 11.7 Å². The number of nitrogens with zero attached hydrogens (tertiary/aromatic N) is 1. The number of halogens is 1. The molecule has 24 heavy (non-hydrogen) atoms. The highest BCUT2D eigenvalue weighted by atomic mass is 35.5. The SMILES string of the molecule is O=C(NCC1c2nc(Cl)ccc2OC12CC2)OCc1ccccc1. The molecule has 1 atom stereocenters. The Labute approximate surface area is 144 Å². The first-order valence-corrected chi connectivity index (χ1v) is 8.34. The first-order valence-electron chi connectivity index (χ1n) is 7.96. The van der Waals surface area contributed by atoms with Crippen LogP contribution in [0.15, 0.2) is 42.5 Å². The fourth-order valence-electron chi connectivity index (χ4n) is 3.13. The van der Waals surface area contributed by atoms with Crippen LogP contribution in [-0.4, -0.2) is 23.2 Å². The highest BCUT2D eigenvalue weighted by Gasteiger charge is 2.58. The Morgan fingerprint density at radius 3 is 2.83 bits per heavy atom. The Bertz CT molecular complexity index is 762. The van der Waals surface area contributed by atoms with Gasteiger partial charge in [0.2, 0.25) is 0 Å². The monoisotopic (exact) mass is 344 g/mol. The quantitative estimate of drug-likeness (QED) is 0.860. The van der Waals surface area contributed by atoms with Gasteiger partial charge in [-0.3, -0.25) is 0 Å². The van der Waals surface area contributed by atoms with Gasteiger partial charge in [-0.25, -0.2) is 9.78 Å². The minimum Gasteiger partial charge on any atom is -0.485 e. The molecule has 2 heterocycles. The van der Waals surface area contributed by atoms with Crippen LogP contribution >= 0.6 is 11.6 Å². The predicted octanol–water partition coefficient (Wildman–Crippen LogP) is 3.67. The van der Waals surface area contributed by atoms with Gasteiger partial charge < -0.3 is 14.8 Å². The first-order chi connectivity index (χ1) is 11.7. The molecule has 0 bridgehead atoms. The third-order valence-corrected chi connectivity index (χ3v) is 4.75. The van der Waals surface area contributed by atoms with Crippen molar-refractivity contribution in [3.05, 3.63) is 58.9 Å². The van der Waals surface area contributed by atoms with Gasteiger partial charge in [0.05, 0.1) is 11.6 Å². The highest BCUT2D eigenvalue weighted by molar-refractivity contribution is 6.29. The molecule has 1 spiro atoms. The number of fused-ring (bicyclic) bond motifs is 1. The number of alkyl carbamates (subject to hydrolysis) is 1. The molecular weight excluding hydrogens is 328 g/mol. The molecule has 2 aliphatic rings. The molecule has 1 unspecified atom stereocenters. The summed E-state index contributed by atoms with van der Waals surface area (Å²) in [5.74, 6) is 0.775. The number of aromatic nitrogens is 1. The van der Waals surface area contributed by atoms with E-state index in [0.717, 1.165) is 29.8 Å². The van der Waals surface area contributed by atoms with Crippen LogP contribution in [0.25, 0.3) is 0 Å². The first kappa shape index (κ1) is 15.3. The smallest absolute Gasteiger partial charge is 0.407 e. The molecule has 1 aromatic carbocycles. The Morgan fingerprint density at radius 1 is 1.29 bits per heavy atom. The summed E-state index contributed by atoms with van der Waals surface area (Å²) in [4.78, 5) is 16.4. The lowest BCUT2D eigenvalue weighted by molar-refractivity contribution is 0.134. The molecule has 2 aromatic rings. The fourth-order valence-corrected chi connectivity index (χ4v) is 3.28. The van der Waals surface area contributed by atoms with Crippen LogP contribution in [0.5, 0.6) is 5.75 Å². The number of benzene rings is 1. The number of rotatable bonds is 4. The number of nitrogens with one attached hydrogen (secondary N) is 1. The van der Waals surface area contributed by atoms with Gasteiger partial charge in [-0.1, -0.05) is 41.9 Å². The zero-order chi connectivity index (χ0) is 16.6. The molecule has 1 saturated carbocycles. The van der Waals surface area contributed by atoms with Crippen LogP contribution in [0.3, 0.4) is 0 Å². The van der Waals surface area contributed by atoms with Crippen LogP contribution < -0.4 is 10.1 Å². The molecule has 1 fully saturated rings. The number of carbonyl (C=O) groups is 1. The maximum Gasteiger partial charge on any atom is 0.407 e. The van der Waals surface area contributed by atoms with Crippen LogP contribution in [0.2, 0.25) is 5.15 Å². The number of carbonyl (C=O) groups excluding carboxylic acids is 1. The molecule has 0 saturated heterocycles.